The molecule has 0 aromatic heterocycles. The van der Waals surface area contributed by atoms with Crippen molar-refractivity contribution in [3.05, 3.63) is 0 Å². The van der Waals surface area contributed by atoms with Crippen molar-refractivity contribution < 1.29 is 0 Å². The van der Waals surface area contributed by atoms with Crippen molar-refractivity contribution in [1.29, 1.82) is 0 Å². The van der Waals surface area contributed by atoms with E-state index in [1.165, 1.54) is 26.2 Å². The summed E-state index contributed by atoms with van der Waals surface area (Å²) in [5.41, 5.74) is 0. The van der Waals surface area contributed by atoms with Crippen LogP contribution in [0.4, 0.5) is 0 Å². The van der Waals surface area contributed by atoms with Crippen LogP contribution in [0.15, 0.2) is 0 Å². The molecule has 0 aliphatic carbocycles. The number of rotatable bonds is 1. The molecule has 1 saturated heterocycles. The number of hydrogen-bond donors (Lipinski definition) is 0. The van der Waals surface area contributed by atoms with Crippen molar-refractivity contribution in [3.63, 3.8) is 0 Å². The van der Waals surface area contributed by atoms with Gasteiger partial charge >= 0.3 is 0 Å². The Hall–Kier alpha value is -0.0800. The van der Waals surface area contributed by atoms with Gasteiger partial charge in [-0.3, -0.25) is 0 Å². The van der Waals surface area contributed by atoms with Crippen LogP contribution >= 0.6 is 0 Å². The van der Waals surface area contributed by atoms with E-state index < -0.39 is 0 Å². The fraction of sp³-hybridized carbons (Fsp3) is 1.00. The van der Waals surface area contributed by atoms with E-state index in [1.807, 2.05) is 13.8 Å². The molecule has 0 saturated carbocycles. The second kappa shape index (κ2) is 6.44. The molecule has 0 aromatic rings. The van der Waals surface area contributed by atoms with Gasteiger partial charge in [0.25, 0.3) is 0 Å². The maximum atomic E-state index is 2.50. The highest BCUT2D eigenvalue weighted by Gasteiger charge is 2.18. The Morgan fingerprint density at radius 1 is 1.25 bits per heavy atom. The van der Waals surface area contributed by atoms with E-state index >= 15 is 0 Å². The van der Waals surface area contributed by atoms with E-state index in [4.69, 9.17) is 0 Å². The first-order valence-corrected chi connectivity index (χ1v) is 5.16. The quantitative estimate of drug-likeness (QED) is 0.593. The first-order chi connectivity index (χ1) is 5.74. The van der Waals surface area contributed by atoms with Crippen LogP contribution in [0.2, 0.25) is 0 Å². The topological polar surface area (TPSA) is 6.48 Å². The Balaban J connectivity index is 0.000000561. The fourth-order valence-electron chi connectivity index (χ4n) is 1.41. The zero-order valence-corrected chi connectivity index (χ0v) is 9.30. The second-order valence-electron chi connectivity index (χ2n) is 3.22. The van der Waals surface area contributed by atoms with Crippen molar-refractivity contribution in [2.24, 2.45) is 0 Å². The second-order valence-corrected chi connectivity index (χ2v) is 3.22. The summed E-state index contributed by atoms with van der Waals surface area (Å²) in [5, 5.41) is 0. The zero-order valence-electron chi connectivity index (χ0n) is 9.30. The number of nitrogens with zero attached hydrogens (tertiary/aromatic N) is 2. The molecule has 1 rings (SSSR count). The fourth-order valence-corrected chi connectivity index (χ4v) is 1.41. The van der Waals surface area contributed by atoms with Gasteiger partial charge in [0, 0.05) is 25.7 Å². The van der Waals surface area contributed by atoms with Gasteiger partial charge < -0.3 is 9.80 Å². The molecule has 2 heteroatoms. The standard InChI is InChI=1S/C8H18N2.C2H6/c1-4-10-6-5-9(3)8(2)7-10;1-2/h8H,4-7H2,1-3H3;1-2H3. The molecular weight excluding hydrogens is 148 g/mol. The van der Waals surface area contributed by atoms with Crippen LogP contribution in [0.25, 0.3) is 0 Å². The van der Waals surface area contributed by atoms with Crippen LogP contribution in [-0.2, 0) is 0 Å². The summed E-state index contributed by atoms with van der Waals surface area (Å²) in [6, 6.07) is 0.744. The number of hydrogen-bond acceptors (Lipinski definition) is 2. The maximum Gasteiger partial charge on any atom is 0.0192 e. The van der Waals surface area contributed by atoms with Crippen LogP contribution < -0.4 is 0 Å². The summed E-state index contributed by atoms with van der Waals surface area (Å²) in [5.74, 6) is 0. The molecule has 0 bridgehead atoms. The number of piperazine rings is 1. The average molecular weight is 172 g/mol. The molecule has 0 radical (unpaired) electrons. The van der Waals surface area contributed by atoms with E-state index in [9.17, 15) is 0 Å². The Kier molecular flexibility index (Phi) is 6.39. The zero-order chi connectivity index (χ0) is 9.56. The minimum absolute atomic E-state index is 0.744. The van der Waals surface area contributed by atoms with E-state index in [2.05, 4.69) is 30.7 Å². The first-order valence-electron chi connectivity index (χ1n) is 5.16. The maximum absolute atomic E-state index is 2.50. The van der Waals surface area contributed by atoms with Gasteiger partial charge in [-0.2, -0.15) is 0 Å². The van der Waals surface area contributed by atoms with Gasteiger partial charge in [0.05, 0.1) is 0 Å². The summed E-state index contributed by atoms with van der Waals surface area (Å²) in [7, 11) is 2.21. The van der Waals surface area contributed by atoms with Gasteiger partial charge in [-0.15, -0.1) is 0 Å². The SMILES string of the molecule is CC.CCN1CCN(C)C(C)C1. The average Bonchev–Trinajstić information content (AvgIpc) is 2.13. The lowest BCUT2D eigenvalue weighted by atomic mass is 10.2. The first kappa shape index (κ1) is 11.9. The van der Waals surface area contributed by atoms with Crippen LogP contribution in [0.1, 0.15) is 27.7 Å². The summed E-state index contributed by atoms with van der Waals surface area (Å²) in [4.78, 5) is 4.93. The van der Waals surface area contributed by atoms with Gasteiger partial charge in [0.1, 0.15) is 0 Å². The molecule has 1 aliphatic heterocycles. The minimum atomic E-state index is 0.744. The van der Waals surface area contributed by atoms with Gasteiger partial charge in [-0.05, 0) is 20.5 Å². The molecule has 1 fully saturated rings. The van der Waals surface area contributed by atoms with Crippen LogP contribution in [0.5, 0.6) is 0 Å². The molecule has 12 heavy (non-hydrogen) atoms. The summed E-state index contributed by atoms with van der Waals surface area (Å²) in [6.45, 7) is 13.5. The van der Waals surface area contributed by atoms with Crippen molar-refractivity contribution in [3.8, 4) is 0 Å². The molecule has 74 valence electrons. The molecule has 1 heterocycles. The Labute approximate surface area is 77.5 Å². The third-order valence-corrected chi connectivity index (χ3v) is 2.49. The third kappa shape index (κ3) is 3.55. The van der Waals surface area contributed by atoms with Gasteiger partial charge in [-0.25, -0.2) is 0 Å². The molecule has 0 N–H and O–H groups in total. The van der Waals surface area contributed by atoms with Crippen molar-refractivity contribution in [2.75, 3.05) is 33.2 Å². The largest absolute Gasteiger partial charge is 0.301 e. The monoisotopic (exact) mass is 172 g/mol. The highest BCUT2D eigenvalue weighted by Crippen LogP contribution is 2.05. The lowest BCUT2D eigenvalue weighted by Crippen LogP contribution is -2.49. The van der Waals surface area contributed by atoms with E-state index in [0.717, 1.165) is 6.04 Å². The van der Waals surface area contributed by atoms with Crippen LogP contribution in [0.3, 0.4) is 0 Å². The predicted molar refractivity (Wildman–Crippen MR) is 55.6 cm³/mol. The van der Waals surface area contributed by atoms with E-state index in [1.54, 1.807) is 0 Å². The minimum Gasteiger partial charge on any atom is -0.301 e. The van der Waals surface area contributed by atoms with Gasteiger partial charge in [-0.1, -0.05) is 20.8 Å². The Morgan fingerprint density at radius 2 is 1.83 bits per heavy atom. The van der Waals surface area contributed by atoms with E-state index in [0.29, 0.717) is 0 Å². The lowest BCUT2D eigenvalue weighted by molar-refractivity contribution is 0.110. The molecule has 0 aromatic carbocycles. The van der Waals surface area contributed by atoms with Crippen molar-refractivity contribution >= 4 is 0 Å². The predicted octanol–water partition coefficient (Wildman–Crippen LogP) is 1.67. The van der Waals surface area contributed by atoms with Crippen molar-refractivity contribution in [1.82, 2.24) is 9.80 Å². The summed E-state index contributed by atoms with van der Waals surface area (Å²) in [6.07, 6.45) is 0. The molecule has 1 aliphatic rings. The Morgan fingerprint density at radius 3 is 2.25 bits per heavy atom. The van der Waals surface area contributed by atoms with Gasteiger partial charge in [0.15, 0.2) is 0 Å². The van der Waals surface area contributed by atoms with Crippen LogP contribution in [0, 0.1) is 0 Å². The lowest BCUT2D eigenvalue weighted by Gasteiger charge is -2.37. The van der Waals surface area contributed by atoms with Gasteiger partial charge in [0.2, 0.25) is 0 Å². The van der Waals surface area contributed by atoms with Crippen LogP contribution in [-0.4, -0.2) is 49.1 Å². The highest BCUT2D eigenvalue weighted by molar-refractivity contribution is 4.75. The molecule has 0 amide bonds. The summed E-state index contributed by atoms with van der Waals surface area (Å²) >= 11 is 0. The highest BCUT2D eigenvalue weighted by atomic mass is 15.3. The molecule has 1 unspecified atom stereocenters. The summed E-state index contributed by atoms with van der Waals surface area (Å²) < 4.78 is 0. The third-order valence-electron chi connectivity index (χ3n) is 2.49. The van der Waals surface area contributed by atoms with Crippen molar-refractivity contribution in [2.45, 2.75) is 33.7 Å². The molecule has 1 atom stereocenters. The van der Waals surface area contributed by atoms with E-state index in [-0.39, 0.29) is 0 Å². The Bertz CT molecular complexity index is 104. The normalized spacial score (nSPS) is 26.2. The molecular formula is C10H24N2. The molecule has 2 nitrogen and oxygen atoms in total. The number of likely N-dealkylation sites (N-methyl/N-ethyl adjacent to an activating group) is 2. The smallest absolute Gasteiger partial charge is 0.0192 e. The molecule has 0 spiro atoms.